The minimum atomic E-state index is -5.92. The second-order valence-corrected chi connectivity index (χ2v) is 7.42. The van der Waals surface area contributed by atoms with Gasteiger partial charge in [-0.25, -0.2) is 0 Å². The molecular formula is C17H20F6O3. The van der Waals surface area contributed by atoms with Crippen LogP contribution in [0.3, 0.4) is 0 Å². The third-order valence-electron chi connectivity index (χ3n) is 5.55. The fourth-order valence-electron chi connectivity index (χ4n) is 4.13. The molecule has 26 heavy (non-hydrogen) atoms. The van der Waals surface area contributed by atoms with Gasteiger partial charge < -0.3 is 14.9 Å². The number of fused-ring (bicyclic) bond motifs is 4. The van der Waals surface area contributed by atoms with Gasteiger partial charge in [0.15, 0.2) is 0 Å². The molecule has 6 unspecified atom stereocenters. The number of hydrogen-bond donors (Lipinski definition) is 2. The van der Waals surface area contributed by atoms with E-state index < -0.39 is 30.2 Å². The van der Waals surface area contributed by atoms with E-state index in [1.807, 2.05) is 0 Å². The Kier molecular flexibility index (Phi) is 4.94. The number of rotatable bonds is 2. The first-order chi connectivity index (χ1) is 11.9. The molecule has 0 aliphatic heterocycles. The zero-order valence-corrected chi connectivity index (χ0v) is 13.7. The maximum atomic E-state index is 12.4. The highest BCUT2D eigenvalue weighted by atomic mass is 19.4. The average Bonchev–Trinajstić information content (AvgIpc) is 3.25. The van der Waals surface area contributed by atoms with Crippen LogP contribution < -0.4 is 0 Å². The summed E-state index contributed by atoms with van der Waals surface area (Å²) in [6.45, 7) is 0. The molecule has 4 aliphatic carbocycles. The van der Waals surface area contributed by atoms with Crippen LogP contribution in [-0.4, -0.2) is 40.6 Å². The van der Waals surface area contributed by atoms with E-state index in [0.29, 0.717) is 12.3 Å². The summed E-state index contributed by atoms with van der Waals surface area (Å²) in [6, 6.07) is 0. The molecule has 0 saturated heterocycles. The predicted octanol–water partition coefficient (Wildman–Crippen LogP) is 3.72. The minimum absolute atomic E-state index is 0.00926. The summed E-state index contributed by atoms with van der Waals surface area (Å²) in [7, 11) is 0. The highest BCUT2D eigenvalue weighted by Crippen LogP contribution is 2.49. The Morgan fingerprint density at radius 2 is 1.23 bits per heavy atom. The Bertz CT molecular complexity index is 568. The van der Waals surface area contributed by atoms with Gasteiger partial charge in [-0.2, -0.15) is 26.3 Å². The number of aliphatic hydroxyl groups is 2. The van der Waals surface area contributed by atoms with E-state index in [4.69, 9.17) is 10.2 Å². The summed E-state index contributed by atoms with van der Waals surface area (Å²) in [5.41, 5.74) is 0. The molecular weight excluding hydrogens is 366 g/mol. The van der Waals surface area contributed by atoms with Crippen molar-refractivity contribution in [2.24, 2.45) is 23.7 Å². The Morgan fingerprint density at radius 1 is 0.731 bits per heavy atom. The van der Waals surface area contributed by atoms with Crippen LogP contribution in [0.2, 0.25) is 0 Å². The van der Waals surface area contributed by atoms with Gasteiger partial charge in [0.2, 0.25) is 0 Å². The molecule has 148 valence electrons. The highest BCUT2D eigenvalue weighted by molar-refractivity contribution is 5.12. The SMILES string of the molecule is OC(OC1CC2C=CC1C2)(C(F)(F)F)C(F)(F)F.OC1CC2C=CC1C2. The fraction of sp³-hybridized carbons (Fsp3) is 0.765. The van der Waals surface area contributed by atoms with E-state index in [0.717, 1.165) is 12.3 Å². The van der Waals surface area contributed by atoms with Gasteiger partial charge >= 0.3 is 18.1 Å². The summed E-state index contributed by atoms with van der Waals surface area (Å²) in [5.74, 6) is -4.42. The minimum Gasteiger partial charge on any atom is -0.392 e. The first-order valence-corrected chi connectivity index (χ1v) is 8.49. The molecule has 6 atom stereocenters. The molecule has 0 aromatic heterocycles. The number of hydrogen-bond acceptors (Lipinski definition) is 3. The molecule has 0 heterocycles. The zero-order chi connectivity index (χ0) is 19.3. The fourth-order valence-corrected chi connectivity index (χ4v) is 4.13. The van der Waals surface area contributed by atoms with E-state index in [9.17, 15) is 26.3 Å². The summed E-state index contributed by atoms with van der Waals surface area (Å²) >= 11 is 0. The van der Waals surface area contributed by atoms with E-state index >= 15 is 0 Å². The van der Waals surface area contributed by atoms with Crippen LogP contribution >= 0.6 is 0 Å². The van der Waals surface area contributed by atoms with E-state index in [1.54, 1.807) is 6.08 Å². The molecule has 4 bridgehead atoms. The Balaban J connectivity index is 0.000000201. The van der Waals surface area contributed by atoms with Crippen LogP contribution in [-0.2, 0) is 4.74 Å². The van der Waals surface area contributed by atoms with Crippen molar-refractivity contribution in [1.29, 1.82) is 0 Å². The normalized spacial score (nSPS) is 38.0. The molecule has 3 nitrogen and oxygen atoms in total. The molecule has 2 N–H and O–H groups in total. The van der Waals surface area contributed by atoms with Gasteiger partial charge in [0.25, 0.3) is 0 Å². The van der Waals surface area contributed by atoms with Crippen molar-refractivity contribution >= 4 is 0 Å². The highest BCUT2D eigenvalue weighted by Gasteiger charge is 2.73. The summed E-state index contributed by atoms with van der Waals surface area (Å²) in [6.07, 6.45) is -2.69. The lowest BCUT2D eigenvalue weighted by molar-refractivity contribution is -0.466. The molecule has 0 spiro atoms. The zero-order valence-electron chi connectivity index (χ0n) is 13.7. The van der Waals surface area contributed by atoms with Crippen molar-refractivity contribution in [3.05, 3.63) is 24.3 Å². The van der Waals surface area contributed by atoms with Gasteiger partial charge in [0.05, 0.1) is 12.2 Å². The van der Waals surface area contributed by atoms with Gasteiger partial charge in [0.1, 0.15) is 0 Å². The van der Waals surface area contributed by atoms with Gasteiger partial charge in [0, 0.05) is 11.8 Å². The van der Waals surface area contributed by atoms with E-state index in [2.05, 4.69) is 16.9 Å². The van der Waals surface area contributed by atoms with Crippen molar-refractivity contribution in [3.63, 3.8) is 0 Å². The average molecular weight is 386 g/mol. The molecule has 0 aromatic rings. The molecule has 0 radical (unpaired) electrons. The molecule has 0 aromatic carbocycles. The number of ether oxygens (including phenoxy) is 1. The van der Waals surface area contributed by atoms with Crippen molar-refractivity contribution in [2.45, 2.75) is 56.0 Å². The van der Waals surface area contributed by atoms with Gasteiger partial charge in [-0.05, 0) is 37.5 Å². The second-order valence-electron chi connectivity index (χ2n) is 7.42. The Labute approximate surface area is 146 Å². The van der Waals surface area contributed by atoms with Gasteiger partial charge in [-0.1, -0.05) is 24.3 Å². The van der Waals surface area contributed by atoms with Gasteiger partial charge in [-0.15, -0.1) is 0 Å². The smallest absolute Gasteiger partial charge is 0.392 e. The molecule has 9 heteroatoms. The first-order valence-electron chi connectivity index (χ1n) is 8.49. The predicted molar refractivity (Wildman–Crippen MR) is 78.6 cm³/mol. The third kappa shape index (κ3) is 3.53. The van der Waals surface area contributed by atoms with Crippen molar-refractivity contribution in [2.75, 3.05) is 0 Å². The molecule has 2 saturated carbocycles. The van der Waals surface area contributed by atoms with Crippen molar-refractivity contribution < 1.29 is 41.3 Å². The van der Waals surface area contributed by atoms with Crippen LogP contribution in [0.25, 0.3) is 0 Å². The number of aliphatic hydroxyl groups excluding tert-OH is 1. The lowest BCUT2D eigenvalue weighted by atomic mass is 10.0. The van der Waals surface area contributed by atoms with Crippen LogP contribution in [0, 0.1) is 23.7 Å². The van der Waals surface area contributed by atoms with Crippen LogP contribution in [0.15, 0.2) is 24.3 Å². The van der Waals surface area contributed by atoms with Crippen LogP contribution in [0.1, 0.15) is 25.7 Å². The van der Waals surface area contributed by atoms with Crippen LogP contribution in [0.5, 0.6) is 0 Å². The van der Waals surface area contributed by atoms with E-state index in [1.165, 1.54) is 12.5 Å². The number of halogens is 6. The van der Waals surface area contributed by atoms with Crippen molar-refractivity contribution in [1.82, 2.24) is 0 Å². The Morgan fingerprint density at radius 3 is 1.50 bits per heavy atom. The quantitative estimate of drug-likeness (QED) is 0.432. The first kappa shape index (κ1) is 19.7. The largest absolute Gasteiger partial charge is 0.453 e. The summed E-state index contributed by atoms with van der Waals surface area (Å²) in [5, 5.41) is 18.0. The Hall–Kier alpha value is -1.06. The molecule has 2 fully saturated rings. The van der Waals surface area contributed by atoms with Gasteiger partial charge in [-0.3, -0.25) is 0 Å². The van der Waals surface area contributed by atoms with Crippen LogP contribution in [0.4, 0.5) is 26.3 Å². The maximum Gasteiger partial charge on any atom is 0.453 e. The topological polar surface area (TPSA) is 49.7 Å². The summed E-state index contributed by atoms with van der Waals surface area (Å²) < 4.78 is 78.3. The molecule has 4 aliphatic rings. The number of allylic oxidation sites excluding steroid dienone is 2. The second kappa shape index (κ2) is 6.53. The molecule has 0 amide bonds. The lowest BCUT2D eigenvalue weighted by Crippen LogP contribution is -2.60. The number of alkyl halides is 6. The lowest BCUT2D eigenvalue weighted by Gasteiger charge is -2.35. The van der Waals surface area contributed by atoms with E-state index in [-0.39, 0.29) is 18.4 Å². The molecule has 4 rings (SSSR count). The van der Waals surface area contributed by atoms with Crippen molar-refractivity contribution in [3.8, 4) is 0 Å². The third-order valence-corrected chi connectivity index (χ3v) is 5.55. The standard InChI is InChI=1S/C10H10F6O2.C7H10O/c11-9(12,13)8(17,10(14,15)16)18-7-4-5-1-2-6(7)3-5;8-7-4-5-1-2-6(7)3-5/h1-2,5-7,17H,3-4H2;1-2,5-8H,3-4H2. The maximum absolute atomic E-state index is 12.4. The summed E-state index contributed by atoms with van der Waals surface area (Å²) in [4.78, 5) is 0. The monoisotopic (exact) mass is 386 g/mol.